The van der Waals surface area contributed by atoms with Gasteiger partial charge in [0.15, 0.2) is 0 Å². The number of benzene rings is 5. The Morgan fingerprint density at radius 2 is 0.838 bits per heavy atom. The number of hydrogen-bond acceptors (Lipinski definition) is 0. The zero-order valence-electron chi connectivity index (χ0n) is 21.3. The van der Waals surface area contributed by atoms with E-state index in [1.54, 1.807) is 0 Å². The average molecular weight is 498 g/mol. The van der Waals surface area contributed by atoms with Gasteiger partial charge in [-0.2, -0.15) is 0 Å². The topological polar surface area (TPSA) is 0 Å². The summed E-state index contributed by atoms with van der Waals surface area (Å²) in [5, 5.41) is 4.29. The fourth-order valence-electron chi connectivity index (χ4n) is 5.06. The Balaban J connectivity index is 1.38. The Bertz CT molecular complexity index is 1280. The van der Waals surface area contributed by atoms with Gasteiger partial charge in [0.2, 0.25) is 0 Å². The van der Waals surface area contributed by atoms with Crippen LogP contribution < -0.4 is 15.9 Å². The van der Waals surface area contributed by atoms with Gasteiger partial charge in [-0.05, 0) is 72.4 Å². The summed E-state index contributed by atoms with van der Waals surface area (Å²) in [5.41, 5.74) is 4.16. The van der Waals surface area contributed by atoms with Gasteiger partial charge in [0.1, 0.15) is 23.2 Å². The number of allylic oxidation sites excluding steroid dienone is 2. The highest BCUT2D eigenvalue weighted by atomic mass is 31.2. The molecule has 0 amide bonds. The molecule has 1 heteroatoms. The third-order valence-corrected chi connectivity index (χ3v) is 11.4. The van der Waals surface area contributed by atoms with E-state index in [1.165, 1.54) is 32.6 Å². The number of rotatable bonds is 10. The van der Waals surface area contributed by atoms with Crippen molar-refractivity contribution in [1.82, 2.24) is 0 Å². The third kappa shape index (κ3) is 6.16. The van der Waals surface area contributed by atoms with Crippen LogP contribution in [0.1, 0.15) is 23.1 Å². The van der Waals surface area contributed by atoms with Crippen molar-refractivity contribution in [1.29, 1.82) is 0 Å². The summed E-state index contributed by atoms with van der Waals surface area (Å²) in [7, 11) is -1.86. The smallest absolute Gasteiger partial charge is 0.0879 e. The van der Waals surface area contributed by atoms with Gasteiger partial charge < -0.3 is 0 Å². The van der Waals surface area contributed by atoms with Crippen LogP contribution >= 0.6 is 7.26 Å². The van der Waals surface area contributed by atoms with E-state index < -0.39 is 7.26 Å². The molecule has 0 fully saturated rings. The molecule has 0 saturated carbocycles. The molecule has 0 aromatic heterocycles. The van der Waals surface area contributed by atoms with Gasteiger partial charge in [0.05, 0.1) is 6.16 Å². The quantitative estimate of drug-likeness (QED) is 0.136. The number of hydrogen-bond donors (Lipinski definition) is 0. The van der Waals surface area contributed by atoms with E-state index in [0.29, 0.717) is 0 Å². The van der Waals surface area contributed by atoms with Crippen molar-refractivity contribution in [2.24, 2.45) is 0 Å². The molecule has 5 rings (SSSR count). The summed E-state index contributed by atoms with van der Waals surface area (Å²) in [6, 6.07) is 53.4. The lowest BCUT2D eigenvalue weighted by molar-refractivity contribution is 0.994. The molecule has 0 bridgehead atoms. The van der Waals surface area contributed by atoms with Crippen molar-refractivity contribution in [2.75, 3.05) is 0 Å². The van der Waals surface area contributed by atoms with E-state index >= 15 is 0 Å². The normalized spacial score (nSPS) is 11.6. The first-order valence-electron chi connectivity index (χ1n) is 13.2. The molecule has 0 saturated heterocycles. The molecule has 5 aromatic rings. The Labute approximate surface area is 222 Å². The van der Waals surface area contributed by atoms with E-state index in [2.05, 4.69) is 158 Å². The van der Waals surface area contributed by atoms with Gasteiger partial charge in [-0.15, -0.1) is 0 Å². The molecule has 0 aliphatic heterocycles. The van der Waals surface area contributed by atoms with Crippen molar-refractivity contribution in [3.05, 3.63) is 174 Å². The van der Waals surface area contributed by atoms with Crippen LogP contribution in [0.15, 0.2) is 158 Å². The van der Waals surface area contributed by atoms with Crippen LogP contribution in [0, 0.1) is 0 Å². The van der Waals surface area contributed by atoms with Crippen LogP contribution in [-0.4, -0.2) is 0 Å². The first-order valence-corrected chi connectivity index (χ1v) is 15.1. The lowest BCUT2D eigenvalue weighted by Crippen LogP contribution is -2.32. The largest absolute Gasteiger partial charge is 0.116 e. The molecular weight excluding hydrogens is 463 g/mol. The predicted octanol–water partition coefficient (Wildman–Crippen LogP) is 7.91. The van der Waals surface area contributed by atoms with Gasteiger partial charge >= 0.3 is 0 Å². The van der Waals surface area contributed by atoms with Crippen LogP contribution in [0.25, 0.3) is 0 Å². The Morgan fingerprint density at radius 1 is 0.405 bits per heavy atom. The SMILES string of the molecule is C(=CCc1ccc(C[P+](c2ccccc2)(c2ccccc2)c2ccccc2)cc1)CCc1ccccc1. The highest BCUT2D eigenvalue weighted by Crippen LogP contribution is 2.58. The fourth-order valence-corrected chi connectivity index (χ4v) is 9.30. The summed E-state index contributed by atoms with van der Waals surface area (Å²) in [6.07, 6.45) is 8.80. The second kappa shape index (κ2) is 12.5. The van der Waals surface area contributed by atoms with Crippen molar-refractivity contribution in [3.63, 3.8) is 0 Å². The van der Waals surface area contributed by atoms with Crippen molar-refractivity contribution in [3.8, 4) is 0 Å². The molecule has 0 spiro atoms. The molecule has 0 heterocycles. The molecule has 0 aliphatic rings. The van der Waals surface area contributed by atoms with Crippen molar-refractivity contribution in [2.45, 2.75) is 25.4 Å². The second-order valence-corrected chi connectivity index (χ2v) is 13.0. The first kappa shape index (κ1) is 24.9. The predicted molar refractivity (Wildman–Crippen MR) is 163 cm³/mol. The molecule has 0 radical (unpaired) electrons. The van der Waals surface area contributed by atoms with Gasteiger partial charge in [-0.1, -0.05) is 121 Å². The summed E-state index contributed by atoms with van der Waals surface area (Å²) in [4.78, 5) is 0. The molecular formula is C36H34P+. The van der Waals surface area contributed by atoms with Crippen LogP contribution in [0.5, 0.6) is 0 Å². The zero-order valence-corrected chi connectivity index (χ0v) is 22.2. The van der Waals surface area contributed by atoms with E-state index in [1.807, 2.05) is 0 Å². The maximum absolute atomic E-state index is 2.34. The summed E-state index contributed by atoms with van der Waals surface area (Å²) in [5.74, 6) is 0. The molecule has 5 aromatic carbocycles. The van der Waals surface area contributed by atoms with Crippen LogP contribution in [0.4, 0.5) is 0 Å². The highest BCUT2D eigenvalue weighted by Gasteiger charge is 2.45. The maximum atomic E-state index is 2.34. The highest BCUT2D eigenvalue weighted by molar-refractivity contribution is 7.95. The maximum Gasteiger partial charge on any atom is 0.116 e. The molecule has 0 nitrogen and oxygen atoms in total. The Hall–Kier alpha value is -3.73. The molecule has 0 unspecified atom stereocenters. The molecule has 0 aliphatic carbocycles. The van der Waals surface area contributed by atoms with E-state index in [4.69, 9.17) is 0 Å². The van der Waals surface area contributed by atoms with Gasteiger partial charge in [-0.3, -0.25) is 0 Å². The minimum atomic E-state index is -1.86. The monoisotopic (exact) mass is 497 g/mol. The van der Waals surface area contributed by atoms with Gasteiger partial charge in [-0.25, -0.2) is 0 Å². The molecule has 0 N–H and O–H groups in total. The summed E-state index contributed by atoms with van der Waals surface area (Å²) < 4.78 is 0. The minimum Gasteiger partial charge on any atom is -0.0879 e. The van der Waals surface area contributed by atoms with Crippen molar-refractivity contribution < 1.29 is 0 Å². The van der Waals surface area contributed by atoms with E-state index in [0.717, 1.165) is 25.4 Å². The molecule has 182 valence electrons. The summed E-state index contributed by atoms with van der Waals surface area (Å²) in [6.45, 7) is 0. The van der Waals surface area contributed by atoms with Crippen LogP contribution in [-0.2, 0) is 19.0 Å². The van der Waals surface area contributed by atoms with Gasteiger partial charge in [0, 0.05) is 0 Å². The number of aryl methyl sites for hydroxylation is 1. The molecule has 0 atom stereocenters. The fraction of sp³-hybridized carbons (Fsp3) is 0.111. The van der Waals surface area contributed by atoms with E-state index in [-0.39, 0.29) is 0 Å². The van der Waals surface area contributed by atoms with Crippen LogP contribution in [0.3, 0.4) is 0 Å². The molecule has 37 heavy (non-hydrogen) atoms. The Kier molecular flexibility index (Phi) is 8.42. The minimum absolute atomic E-state index is 0.978. The average Bonchev–Trinajstić information content (AvgIpc) is 2.98. The summed E-state index contributed by atoms with van der Waals surface area (Å²) >= 11 is 0. The third-order valence-electron chi connectivity index (χ3n) is 7.00. The van der Waals surface area contributed by atoms with E-state index in [9.17, 15) is 0 Å². The first-order chi connectivity index (χ1) is 18.3. The lowest BCUT2D eigenvalue weighted by Gasteiger charge is -2.28. The van der Waals surface area contributed by atoms with Crippen LogP contribution in [0.2, 0.25) is 0 Å². The second-order valence-electron chi connectivity index (χ2n) is 9.49. The van der Waals surface area contributed by atoms with Gasteiger partial charge in [0.25, 0.3) is 0 Å². The zero-order chi connectivity index (χ0) is 25.2. The lowest BCUT2D eigenvalue weighted by atomic mass is 10.1. The van der Waals surface area contributed by atoms with Crippen molar-refractivity contribution >= 4 is 23.2 Å². The standard InChI is InChI=1S/C36H34P/c1-6-16-31(17-7-1)18-8-2-9-19-32-26-28-33(29-27-32)30-37(34-20-10-3-11-21-34,35-22-12-4-13-23-35)36-24-14-5-15-25-36/h1-7,9-17,20-29H,8,18-19,30H2/q+1. The Morgan fingerprint density at radius 3 is 1.32 bits per heavy atom.